The van der Waals surface area contributed by atoms with Crippen LogP contribution < -0.4 is 13.6 Å². The quantitative estimate of drug-likeness (QED) is 0.255. The molecule has 0 saturated carbocycles. The molecule has 0 bridgehead atoms. The summed E-state index contributed by atoms with van der Waals surface area (Å²) in [5.74, 6) is 1.76. The summed E-state index contributed by atoms with van der Waals surface area (Å²) in [6.45, 7) is 3.94. The highest BCUT2D eigenvalue weighted by Gasteiger charge is 2.30. The number of rotatable bonds is 6. The van der Waals surface area contributed by atoms with Crippen LogP contribution in [0.1, 0.15) is 38.2 Å². The molecular weight excluding hydrogens is 431 g/mol. The van der Waals surface area contributed by atoms with Crippen LogP contribution in [0.4, 0.5) is 0 Å². The molecule has 33 heavy (non-hydrogen) atoms. The Balaban J connectivity index is 1.51. The molecule has 0 saturated heterocycles. The maximum atomic E-state index is 13.5. The Hall–Kier alpha value is -3.62. The zero-order valence-corrected chi connectivity index (χ0v) is 19.3. The summed E-state index contributed by atoms with van der Waals surface area (Å²) in [6, 6.07) is 28.8. The van der Waals surface area contributed by atoms with Gasteiger partial charge in [-0.3, -0.25) is 4.79 Å². The van der Waals surface area contributed by atoms with E-state index >= 15 is 0 Å². The molecule has 0 aromatic heterocycles. The first-order valence-electron chi connectivity index (χ1n) is 10.8. The Morgan fingerprint density at radius 2 is 1.21 bits per heavy atom. The van der Waals surface area contributed by atoms with E-state index in [1.165, 1.54) is 0 Å². The van der Waals surface area contributed by atoms with E-state index in [4.69, 9.17) is 13.6 Å². The third kappa shape index (κ3) is 4.35. The van der Waals surface area contributed by atoms with Gasteiger partial charge in [0.2, 0.25) is 0 Å². The molecule has 0 N–H and O–H groups in total. The van der Waals surface area contributed by atoms with Gasteiger partial charge in [-0.15, -0.1) is 0 Å². The smallest absolute Gasteiger partial charge is 0.409 e. The lowest BCUT2D eigenvalue weighted by molar-refractivity contribution is 0.103. The molecule has 164 valence electrons. The molecule has 1 aliphatic carbocycles. The number of ketones is 1. The van der Waals surface area contributed by atoms with E-state index in [9.17, 15) is 4.79 Å². The van der Waals surface area contributed by atoms with Gasteiger partial charge in [0.1, 0.15) is 17.2 Å². The van der Waals surface area contributed by atoms with Crippen molar-refractivity contribution in [1.82, 2.24) is 0 Å². The minimum absolute atomic E-state index is 0.0227. The largest absolute Gasteiger partial charge is 0.530 e. The maximum Gasteiger partial charge on any atom is 0.530 e. The fourth-order valence-electron chi connectivity index (χ4n) is 4.03. The van der Waals surface area contributed by atoms with Crippen molar-refractivity contribution < 1.29 is 18.4 Å². The molecule has 1 atom stereocenters. The lowest BCUT2D eigenvalue weighted by atomic mass is 9.82. The Labute approximate surface area is 194 Å². The zero-order valence-electron chi connectivity index (χ0n) is 18.4. The van der Waals surface area contributed by atoms with Gasteiger partial charge < -0.3 is 13.6 Å². The van der Waals surface area contributed by atoms with Crippen molar-refractivity contribution in [1.29, 1.82) is 0 Å². The van der Waals surface area contributed by atoms with Gasteiger partial charge in [-0.25, -0.2) is 0 Å². The number of benzene rings is 4. The number of hydrogen-bond donors (Lipinski definition) is 0. The third-order valence-corrected chi connectivity index (χ3v) is 6.72. The predicted octanol–water partition coefficient (Wildman–Crippen LogP) is 7.20. The van der Waals surface area contributed by atoms with Gasteiger partial charge in [0, 0.05) is 5.56 Å². The monoisotopic (exact) mass is 454 g/mol. The van der Waals surface area contributed by atoms with Crippen molar-refractivity contribution >= 4 is 14.4 Å². The molecule has 4 aromatic carbocycles. The van der Waals surface area contributed by atoms with Crippen molar-refractivity contribution in [3.05, 3.63) is 124 Å². The molecule has 0 heterocycles. The fourth-order valence-corrected chi connectivity index (χ4v) is 5.12. The molecule has 5 rings (SSSR count). The zero-order chi connectivity index (χ0) is 22.8. The average Bonchev–Trinajstić information content (AvgIpc) is 2.81. The highest BCUT2D eigenvalue weighted by molar-refractivity contribution is 7.43. The van der Waals surface area contributed by atoms with E-state index in [1.54, 1.807) is 0 Å². The van der Waals surface area contributed by atoms with E-state index in [0.29, 0.717) is 29.2 Å². The molecule has 0 radical (unpaired) electrons. The van der Waals surface area contributed by atoms with Crippen molar-refractivity contribution in [3.63, 3.8) is 0 Å². The number of carbonyl (C=O) groups is 1. The Morgan fingerprint density at radius 1 is 0.606 bits per heavy atom. The lowest BCUT2D eigenvalue weighted by Gasteiger charge is -2.24. The van der Waals surface area contributed by atoms with E-state index in [2.05, 4.69) is 0 Å². The number of carbonyl (C=O) groups excluding carboxylic acids is 1. The summed E-state index contributed by atoms with van der Waals surface area (Å²) in [7, 11) is -1.87. The standard InChI is InChI=1S/C28H23O4P/c1-19-10-6-7-16-24(19)31-33(30-23-14-4-3-5-15-23)32-25-17-9-13-22-18-21-12-8-11-20(2)26(21)28(29)27(22)25/h3-17H,18H2,1-2H3. The molecule has 5 heteroatoms. The van der Waals surface area contributed by atoms with Crippen LogP contribution in [0.25, 0.3) is 0 Å². The van der Waals surface area contributed by atoms with Crippen LogP contribution in [0.2, 0.25) is 0 Å². The predicted molar refractivity (Wildman–Crippen MR) is 130 cm³/mol. The number of hydrogen-bond acceptors (Lipinski definition) is 4. The minimum atomic E-state index is -1.87. The van der Waals surface area contributed by atoms with Crippen LogP contribution in [0.15, 0.2) is 91.0 Å². The van der Waals surface area contributed by atoms with Gasteiger partial charge in [0.25, 0.3) is 0 Å². The summed E-state index contributed by atoms with van der Waals surface area (Å²) in [4.78, 5) is 13.5. The molecule has 4 nitrogen and oxygen atoms in total. The Kier molecular flexibility index (Phi) is 5.85. The summed E-state index contributed by atoms with van der Waals surface area (Å²) in [5, 5.41) is 0. The fraction of sp³-hybridized carbons (Fsp3) is 0.107. The number of para-hydroxylation sites is 2. The van der Waals surface area contributed by atoms with Gasteiger partial charge in [-0.1, -0.05) is 66.7 Å². The third-order valence-electron chi connectivity index (χ3n) is 5.67. The van der Waals surface area contributed by atoms with Gasteiger partial charge in [-0.2, -0.15) is 0 Å². The Bertz CT molecular complexity index is 1320. The van der Waals surface area contributed by atoms with Gasteiger partial charge >= 0.3 is 8.60 Å². The SMILES string of the molecule is Cc1ccccc1OP(Oc1ccccc1)Oc1cccc2c1C(=O)c1c(C)cccc1C2. The van der Waals surface area contributed by atoms with E-state index in [0.717, 1.165) is 27.8 Å². The van der Waals surface area contributed by atoms with Crippen LogP contribution in [-0.4, -0.2) is 5.78 Å². The molecule has 1 aliphatic rings. The summed E-state index contributed by atoms with van der Waals surface area (Å²) < 4.78 is 18.6. The lowest BCUT2D eigenvalue weighted by Crippen LogP contribution is -2.18. The van der Waals surface area contributed by atoms with Crippen molar-refractivity contribution in [2.45, 2.75) is 20.3 Å². The van der Waals surface area contributed by atoms with Gasteiger partial charge in [0.15, 0.2) is 5.78 Å². The van der Waals surface area contributed by atoms with Crippen molar-refractivity contribution in [3.8, 4) is 17.2 Å². The number of fused-ring (bicyclic) bond motifs is 2. The molecule has 1 unspecified atom stereocenters. The second kappa shape index (κ2) is 9.09. The second-order valence-corrected chi connectivity index (χ2v) is 8.98. The van der Waals surface area contributed by atoms with E-state index < -0.39 is 8.60 Å². The first kappa shape index (κ1) is 21.2. The first-order chi connectivity index (χ1) is 16.1. The van der Waals surface area contributed by atoms with E-state index in [-0.39, 0.29) is 5.78 Å². The average molecular weight is 454 g/mol. The molecule has 4 aromatic rings. The highest BCUT2D eigenvalue weighted by Crippen LogP contribution is 2.45. The summed E-state index contributed by atoms with van der Waals surface area (Å²) in [5.41, 5.74) is 5.27. The number of aryl methyl sites for hydroxylation is 2. The molecule has 0 fully saturated rings. The summed E-state index contributed by atoms with van der Waals surface area (Å²) in [6.07, 6.45) is 0.686. The second-order valence-electron chi connectivity index (χ2n) is 7.98. The van der Waals surface area contributed by atoms with Crippen LogP contribution in [-0.2, 0) is 6.42 Å². The molecular formula is C28H23O4P. The Morgan fingerprint density at radius 3 is 2.00 bits per heavy atom. The van der Waals surface area contributed by atoms with Crippen LogP contribution in [0, 0.1) is 13.8 Å². The molecule has 0 aliphatic heterocycles. The van der Waals surface area contributed by atoms with Gasteiger partial charge in [0.05, 0.1) is 5.56 Å². The summed E-state index contributed by atoms with van der Waals surface area (Å²) >= 11 is 0. The normalized spacial score (nSPS) is 13.0. The minimum Gasteiger partial charge on any atom is -0.409 e. The van der Waals surface area contributed by atoms with E-state index in [1.807, 2.05) is 105 Å². The van der Waals surface area contributed by atoms with Crippen molar-refractivity contribution in [2.75, 3.05) is 0 Å². The highest BCUT2D eigenvalue weighted by atomic mass is 31.2. The molecule has 0 spiro atoms. The molecule has 0 amide bonds. The maximum absolute atomic E-state index is 13.5. The topological polar surface area (TPSA) is 44.8 Å². The van der Waals surface area contributed by atoms with Crippen molar-refractivity contribution in [2.24, 2.45) is 0 Å². The first-order valence-corrected chi connectivity index (χ1v) is 11.9. The van der Waals surface area contributed by atoms with Crippen LogP contribution in [0.5, 0.6) is 17.2 Å². The van der Waals surface area contributed by atoms with Crippen LogP contribution >= 0.6 is 8.60 Å². The van der Waals surface area contributed by atoms with Crippen LogP contribution in [0.3, 0.4) is 0 Å². The van der Waals surface area contributed by atoms with Gasteiger partial charge in [-0.05, 0) is 66.8 Å².